The summed E-state index contributed by atoms with van der Waals surface area (Å²) in [6, 6.07) is 7.90. The van der Waals surface area contributed by atoms with Crippen LogP contribution in [0.1, 0.15) is 5.56 Å². The van der Waals surface area contributed by atoms with Crippen molar-refractivity contribution < 1.29 is 17.6 Å². The lowest BCUT2D eigenvalue weighted by Gasteiger charge is -2.05. The summed E-state index contributed by atoms with van der Waals surface area (Å²) in [4.78, 5) is 4.21. The Bertz CT molecular complexity index is 757. The van der Waals surface area contributed by atoms with Crippen LogP contribution in [0.4, 0.5) is 17.6 Å². The van der Waals surface area contributed by atoms with Crippen molar-refractivity contribution in [2.45, 2.75) is 6.18 Å². The summed E-state index contributed by atoms with van der Waals surface area (Å²) in [6.07, 6.45) is -1.93. The number of alkyl halides is 3. The molecule has 2 heterocycles. The molecule has 6 heteroatoms. The van der Waals surface area contributed by atoms with E-state index in [0.29, 0.717) is 16.9 Å². The third-order valence-corrected chi connectivity index (χ3v) is 2.92. The molecule has 3 aromatic rings. The van der Waals surface area contributed by atoms with Gasteiger partial charge in [-0.3, -0.25) is 0 Å². The maximum absolute atomic E-state index is 12.8. The zero-order valence-electron chi connectivity index (χ0n) is 10.0. The van der Waals surface area contributed by atoms with E-state index in [4.69, 9.17) is 0 Å². The Morgan fingerprint density at radius 1 is 0.900 bits per heavy atom. The molecule has 0 unspecified atom stereocenters. The first-order valence-electron chi connectivity index (χ1n) is 5.75. The molecule has 0 saturated carbocycles. The fraction of sp³-hybridized carbons (Fsp3) is 0.0714. The normalized spacial score (nSPS) is 12.0. The summed E-state index contributed by atoms with van der Waals surface area (Å²) >= 11 is 0. The highest BCUT2D eigenvalue weighted by atomic mass is 19.4. The highest BCUT2D eigenvalue weighted by molar-refractivity contribution is 5.62. The van der Waals surface area contributed by atoms with Gasteiger partial charge < -0.3 is 4.40 Å². The Labute approximate surface area is 111 Å². The SMILES string of the molecule is Fc1ccc(-c2cn3cc(C(F)(F)F)ccc3n2)cc1. The van der Waals surface area contributed by atoms with E-state index in [9.17, 15) is 17.6 Å². The lowest BCUT2D eigenvalue weighted by Crippen LogP contribution is -2.05. The van der Waals surface area contributed by atoms with Gasteiger partial charge in [-0.25, -0.2) is 9.37 Å². The highest BCUT2D eigenvalue weighted by Gasteiger charge is 2.30. The number of rotatable bonds is 1. The van der Waals surface area contributed by atoms with Gasteiger partial charge in [0.25, 0.3) is 0 Å². The van der Waals surface area contributed by atoms with Crippen LogP contribution in [-0.4, -0.2) is 9.38 Å². The van der Waals surface area contributed by atoms with Crippen LogP contribution in [0.5, 0.6) is 0 Å². The molecule has 0 bridgehead atoms. The van der Waals surface area contributed by atoms with Gasteiger partial charge in [-0.1, -0.05) is 0 Å². The molecule has 3 rings (SSSR count). The van der Waals surface area contributed by atoms with Crippen LogP contribution >= 0.6 is 0 Å². The summed E-state index contributed by atoms with van der Waals surface area (Å²) in [7, 11) is 0. The first-order chi connectivity index (χ1) is 9.43. The monoisotopic (exact) mass is 280 g/mol. The predicted molar refractivity (Wildman–Crippen MR) is 65.6 cm³/mol. The molecule has 0 saturated heterocycles. The third-order valence-electron chi connectivity index (χ3n) is 2.92. The number of pyridine rings is 1. The van der Waals surface area contributed by atoms with E-state index >= 15 is 0 Å². The van der Waals surface area contributed by atoms with Crippen molar-refractivity contribution in [3.8, 4) is 11.3 Å². The summed E-state index contributed by atoms with van der Waals surface area (Å²) in [5.74, 6) is -0.378. The molecule has 2 nitrogen and oxygen atoms in total. The standard InChI is InChI=1S/C14H8F4N2/c15-11-4-1-9(2-5-11)12-8-20-7-10(14(16,17)18)3-6-13(20)19-12/h1-8H. The summed E-state index contributed by atoms with van der Waals surface area (Å²) < 4.78 is 52.0. The minimum atomic E-state index is -4.39. The van der Waals surface area contributed by atoms with Crippen LogP contribution < -0.4 is 0 Å². The molecule has 0 aliphatic carbocycles. The first-order valence-corrected chi connectivity index (χ1v) is 5.75. The number of benzene rings is 1. The Hall–Kier alpha value is -2.37. The van der Waals surface area contributed by atoms with Crippen molar-refractivity contribution in [3.05, 3.63) is 60.2 Å². The number of fused-ring (bicyclic) bond motifs is 1. The fourth-order valence-electron chi connectivity index (χ4n) is 1.92. The summed E-state index contributed by atoms with van der Waals surface area (Å²) in [6.45, 7) is 0. The molecule has 0 aliphatic heterocycles. The van der Waals surface area contributed by atoms with Crippen LogP contribution in [0, 0.1) is 5.82 Å². The lowest BCUT2D eigenvalue weighted by atomic mass is 10.2. The Kier molecular flexibility index (Phi) is 2.74. The number of hydrogen-bond donors (Lipinski definition) is 0. The van der Waals surface area contributed by atoms with Gasteiger partial charge in [0.05, 0.1) is 11.3 Å². The van der Waals surface area contributed by atoms with Gasteiger partial charge in [-0.2, -0.15) is 13.2 Å². The predicted octanol–water partition coefficient (Wildman–Crippen LogP) is 4.16. The van der Waals surface area contributed by atoms with Gasteiger partial charge in [-0.15, -0.1) is 0 Å². The van der Waals surface area contributed by atoms with E-state index in [1.807, 2.05) is 0 Å². The zero-order valence-corrected chi connectivity index (χ0v) is 10.0. The molecule has 102 valence electrons. The van der Waals surface area contributed by atoms with Crippen LogP contribution in [0.15, 0.2) is 48.8 Å². The van der Waals surface area contributed by atoms with E-state index < -0.39 is 11.7 Å². The maximum atomic E-state index is 12.8. The molecule has 0 atom stereocenters. The van der Waals surface area contributed by atoms with Gasteiger partial charge in [0.15, 0.2) is 0 Å². The van der Waals surface area contributed by atoms with E-state index in [-0.39, 0.29) is 5.82 Å². The van der Waals surface area contributed by atoms with Crippen LogP contribution in [0.25, 0.3) is 16.9 Å². The van der Waals surface area contributed by atoms with Crippen LogP contribution in [0.3, 0.4) is 0 Å². The van der Waals surface area contributed by atoms with Gasteiger partial charge >= 0.3 is 6.18 Å². The number of imidazole rings is 1. The molecule has 0 aliphatic rings. The van der Waals surface area contributed by atoms with Crippen molar-refractivity contribution in [2.75, 3.05) is 0 Å². The van der Waals surface area contributed by atoms with Gasteiger partial charge in [0.2, 0.25) is 0 Å². The quantitative estimate of drug-likeness (QED) is 0.612. The molecule has 20 heavy (non-hydrogen) atoms. The van der Waals surface area contributed by atoms with E-state index in [2.05, 4.69) is 4.98 Å². The van der Waals surface area contributed by atoms with E-state index in [1.54, 1.807) is 0 Å². The second-order valence-electron chi connectivity index (χ2n) is 4.31. The average Bonchev–Trinajstić information content (AvgIpc) is 2.81. The summed E-state index contributed by atoms with van der Waals surface area (Å²) in [5, 5.41) is 0. The van der Waals surface area contributed by atoms with Crippen LogP contribution in [-0.2, 0) is 6.18 Å². The van der Waals surface area contributed by atoms with Crippen LogP contribution in [0.2, 0.25) is 0 Å². The zero-order chi connectivity index (χ0) is 14.3. The van der Waals surface area contributed by atoms with Gasteiger partial charge in [0.1, 0.15) is 11.5 Å². The molecule has 0 N–H and O–H groups in total. The Morgan fingerprint density at radius 2 is 1.60 bits per heavy atom. The Balaban J connectivity index is 2.09. The number of hydrogen-bond acceptors (Lipinski definition) is 1. The van der Waals surface area contributed by atoms with Crippen molar-refractivity contribution in [1.82, 2.24) is 9.38 Å². The number of aromatic nitrogens is 2. The van der Waals surface area contributed by atoms with E-state index in [0.717, 1.165) is 12.3 Å². The minimum absolute atomic E-state index is 0.378. The Morgan fingerprint density at radius 3 is 2.25 bits per heavy atom. The molecule has 1 aromatic carbocycles. The van der Waals surface area contributed by atoms with Crippen molar-refractivity contribution in [2.24, 2.45) is 0 Å². The molecular formula is C14H8F4N2. The molecule has 0 spiro atoms. The molecule has 0 fully saturated rings. The van der Waals surface area contributed by atoms with Crippen molar-refractivity contribution in [1.29, 1.82) is 0 Å². The largest absolute Gasteiger partial charge is 0.417 e. The third kappa shape index (κ3) is 2.24. The average molecular weight is 280 g/mol. The second-order valence-corrected chi connectivity index (χ2v) is 4.31. The first kappa shape index (κ1) is 12.7. The van der Waals surface area contributed by atoms with Crippen molar-refractivity contribution >= 4 is 5.65 Å². The highest BCUT2D eigenvalue weighted by Crippen LogP contribution is 2.29. The maximum Gasteiger partial charge on any atom is 0.417 e. The molecular weight excluding hydrogens is 272 g/mol. The molecule has 2 aromatic heterocycles. The number of nitrogens with zero attached hydrogens (tertiary/aromatic N) is 2. The topological polar surface area (TPSA) is 17.3 Å². The van der Waals surface area contributed by atoms with Gasteiger partial charge in [-0.05, 0) is 36.4 Å². The van der Waals surface area contributed by atoms with Gasteiger partial charge in [0, 0.05) is 18.0 Å². The fourth-order valence-corrected chi connectivity index (χ4v) is 1.92. The molecule has 0 amide bonds. The summed E-state index contributed by atoms with van der Waals surface area (Å²) in [5.41, 5.74) is 0.790. The van der Waals surface area contributed by atoms with Crippen molar-refractivity contribution in [3.63, 3.8) is 0 Å². The minimum Gasteiger partial charge on any atom is -0.306 e. The second kappa shape index (κ2) is 4.33. The molecule has 0 radical (unpaired) electrons. The lowest BCUT2D eigenvalue weighted by molar-refractivity contribution is -0.137. The smallest absolute Gasteiger partial charge is 0.306 e. The van der Waals surface area contributed by atoms with E-state index in [1.165, 1.54) is 40.9 Å². The number of halogens is 4.